The number of hydrogen-bond donors (Lipinski definition) is 0. The van der Waals surface area contributed by atoms with Gasteiger partial charge in [-0.2, -0.15) is 5.26 Å². The lowest BCUT2D eigenvalue weighted by molar-refractivity contribution is 0.0793. The third kappa shape index (κ3) is 3.69. The summed E-state index contributed by atoms with van der Waals surface area (Å²) in [5, 5.41) is 9.07. The molecule has 0 spiro atoms. The van der Waals surface area contributed by atoms with E-state index in [1.165, 1.54) is 6.42 Å². The molecule has 1 saturated heterocycles. The molecule has 1 fully saturated rings. The summed E-state index contributed by atoms with van der Waals surface area (Å²) in [4.78, 5) is 2.24. The Kier molecular flexibility index (Phi) is 4.78. The normalized spacial score (nSPS) is 18.5. The van der Waals surface area contributed by atoms with Gasteiger partial charge in [0.15, 0.2) is 0 Å². The van der Waals surface area contributed by atoms with Gasteiger partial charge < -0.3 is 9.47 Å². The molecule has 1 aromatic rings. The molecule has 1 atom stereocenters. The van der Waals surface area contributed by atoms with Crippen molar-refractivity contribution in [3.8, 4) is 11.8 Å². The zero-order valence-electron chi connectivity index (χ0n) is 11.6. The quantitative estimate of drug-likeness (QED) is 0.814. The maximum atomic E-state index is 9.07. The van der Waals surface area contributed by atoms with E-state index in [-0.39, 0.29) is 0 Å². The first-order chi connectivity index (χ1) is 9.22. The number of benzene rings is 1. The second-order valence-corrected chi connectivity index (χ2v) is 4.98. The van der Waals surface area contributed by atoms with Gasteiger partial charge in [0.2, 0.25) is 0 Å². The number of hydrogen-bond acceptors (Lipinski definition) is 4. The molecule has 1 unspecified atom stereocenters. The molecule has 0 saturated carbocycles. The van der Waals surface area contributed by atoms with Crippen LogP contribution in [-0.4, -0.2) is 38.3 Å². The number of rotatable bonds is 5. The molecule has 1 aliphatic heterocycles. The van der Waals surface area contributed by atoms with E-state index in [1.807, 2.05) is 18.2 Å². The average Bonchev–Trinajstić information content (AvgIpc) is 2.91. The van der Waals surface area contributed by atoms with Crippen LogP contribution in [0.15, 0.2) is 18.2 Å². The summed E-state index contributed by atoms with van der Waals surface area (Å²) in [6, 6.07) is 7.92. The molecule has 19 heavy (non-hydrogen) atoms. The van der Waals surface area contributed by atoms with Gasteiger partial charge in [0.1, 0.15) is 11.8 Å². The van der Waals surface area contributed by atoms with Crippen molar-refractivity contribution in [2.45, 2.75) is 25.5 Å². The number of methoxy groups -OCH3 is 1. The molecular formula is C15H20N2O2. The van der Waals surface area contributed by atoms with Crippen LogP contribution in [0.5, 0.6) is 5.75 Å². The maximum Gasteiger partial charge on any atom is 0.136 e. The van der Waals surface area contributed by atoms with Crippen molar-refractivity contribution >= 4 is 0 Å². The summed E-state index contributed by atoms with van der Waals surface area (Å²) >= 11 is 0. The Bertz CT molecular complexity index is 462. The second kappa shape index (κ2) is 6.55. The molecule has 102 valence electrons. The monoisotopic (exact) mass is 260 g/mol. The van der Waals surface area contributed by atoms with Gasteiger partial charge in [0.05, 0.1) is 18.8 Å². The highest BCUT2D eigenvalue weighted by Gasteiger charge is 2.17. The van der Waals surface area contributed by atoms with Gasteiger partial charge in [-0.15, -0.1) is 0 Å². The van der Waals surface area contributed by atoms with Crippen LogP contribution >= 0.6 is 0 Å². The van der Waals surface area contributed by atoms with Crippen LogP contribution in [0.4, 0.5) is 0 Å². The van der Waals surface area contributed by atoms with E-state index in [4.69, 9.17) is 14.7 Å². The summed E-state index contributed by atoms with van der Waals surface area (Å²) in [5.74, 6) is 0.632. The Balaban J connectivity index is 1.96. The minimum absolute atomic E-state index is 0.360. The molecule has 4 heteroatoms. The Morgan fingerprint density at radius 1 is 1.53 bits per heavy atom. The predicted octanol–water partition coefficient (Wildman–Crippen LogP) is 2.18. The molecule has 0 radical (unpaired) electrons. The van der Waals surface area contributed by atoms with E-state index in [2.05, 4.69) is 18.0 Å². The second-order valence-electron chi connectivity index (χ2n) is 4.98. The molecule has 2 rings (SSSR count). The molecule has 1 aliphatic rings. The van der Waals surface area contributed by atoms with Gasteiger partial charge in [-0.1, -0.05) is 6.07 Å². The van der Waals surface area contributed by atoms with Crippen LogP contribution in [0.2, 0.25) is 0 Å². The van der Waals surface area contributed by atoms with E-state index in [0.29, 0.717) is 17.4 Å². The van der Waals surface area contributed by atoms with Gasteiger partial charge in [0.25, 0.3) is 0 Å². The molecule has 0 bridgehead atoms. The van der Waals surface area contributed by atoms with Crippen LogP contribution in [0, 0.1) is 11.3 Å². The molecule has 0 aliphatic carbocycles. The van der Waals surface area contributed by atoms with Crippen LogP contribution in [0.3, 0.4) is 0 Å². The van der Waals surface area contributed by atoms with Crippen molar-refractivity contribution in [1.29, 1.82) is 5.26 Å². The molecule has 0 amide bonds. The topological polar surface area (TPSA) is 45.5 Å². The SMILES string of the molecule is COc1ccc(CN(C)CC2CCCO2)cc1C#N. The van der Waals surface area contributed by atoms with E-state index >= 15 is 0 Å². The fourth-order valence-electron chi connectivity index (χ4n) is 2.45. The smallest absolute Gasteiger partial charge is 0.136 e. The highest BCUT2D eigenvalue weighted by atomic mass is 16.5. The van der Waals surface area contributed by atoms with Crippen molar-refractivity contribution in [2.24, 2.45) is 0 Å². The number of ether oxygens (including phenoxy) is 2. The third-order valence-electron chi connectivity index (χ3n) is 3.38. The largest absolute Gasteiger partial charge is 0.495 e. The summed E-state index contributed by atoms with van der Waals surface area (Å²) in [5.41, 5.74) is 1.71. The van der Waals surface area contributed by atoms with E-state index in [0.717, 1.165) is 31.7 Å². The average molecular weight is 260 g/mol. The number of nitriles is 1. The van der Waals surface area contributed by atoms with Crippen LogP contribution < -0.4 is 4.74 Å². The minimum Gasteiger partial charge on any atom is -0.495 e. The Morgan fingerprint density at radius 3 is 3.00 bits per heavy atom. The molecule has 0 N–H and O–H groups in total. The van der Waals surface area contributed by atoms with E-state index in [9.17, 15) is 0 Å². The minimum atomic E-state index is 0.360. The van der Waals surface area contributed by atoms with Crippen molar-refractivity contribution in [3.63, 3.8) is 0 Å². The fourth-order valence-corrected chi connectivity index (χ4v) is 2.45. The summed E-state index contributed by atoms with van der Waals surface area (Å²) < 4.78 is 10.8. The molecule has 1 aromatic carbocycles. The Labute approximate surface area is 114 Å². The van der Waals surface area contributed by atoms with E-state index in [1.54, 1.807) is 7.11 Å². The lowest BCUT2D eigenvalue weighted by Crippen LogP contribution is -2.28. The highest BCUT2D eigenvalue weighted by Crippen LogP contribution is 2.20. The lowest BCUT2D eigenvalue weighted by Gasteiger charge is -2.20. The molecule has 0 aromatic heterocycles. The van der Waals surface area contributed by atoms with Gasteiger partial charge in [-0.3, -0.25) is 4.90 Å². The van der Waals surface area contributed by atoms with Crippen LogP contribution in [0.25, 0.3) is 0 Å². The van der Waals surface area contributed by atoms with Crippen LogP contribution in [-0.2, 0) is 11.3 Å². The van der Waals surface area contributed by atoms with Crippen molar-refractivity contribution < 1.29 is 9.47 Å². The van der Waals surface area contributed by atoms with Gasteiger partial charge in [-0.25, -0.2) is 0 Å². The Morgan fingerprint density at radius 2 is 2.37 bits per heavy atom. The number of nitrogens with zero attached hydrogens (tertiary/aromatic N) is 2. The molecule has 4 nitrogen and oxygen atoms in total. The van der Waals surface area contributed by atoms with Crippen molar-refractivity contribution in [3.05, 3.63) is 29.3 Å². The third-order valence-corrected chi connectivity index (χ3v) is 3.38. The molecular weight excluding hydrogens is 240 g/mol. The first kappa shape index (κ1) is 13.9. The van der Waals surface area contributed by atoms with Crippen LogP contribution in [0.1, 0.15) is 24.0 Å². The van der Waals surface area contributed by atoms with E-state index < -0.39 is 0 Å². The number of likely N-dealkylation sites (N-methyl/N-ethyl adjacent to an activating group) is 1. The van der Waals surface area contributed by atoms with Crippen molar-refractivity contribution in [2.75, 3.05) is 27.3 Å². The lowest BCUT2D eigenvalue weighted by atomic mass is 10.1. The van der Waals surface area contributed by atoms with Gasteiger partial charge >= 0.3 is 0 Å². The standard InChI is InChI=1S/C15H20N2O2/c1-17(11-14-4-3-7-19-14)10-12-5-6-15(18-2)13(8-12)9-16/h5-6,8,14H,3-4,7,10-11H2,1-2H3. The highest BCUT2D eigenvalue weighted by molar-refractivity contribution is 5.45. The first-order valence-electron chi connectivity index (χ1n) is 6.60. The maximum absolute atomic E-state index is 9.07. The zero-order valence-corrected chi connectivity index (χ0v) is 11.6. The zero-order chi connectivity index (χ0) is 13.7. The first-order valence-corrected chi connectivity index (χ1v) is 6.60. The van der Waals surface area contributed by atoms with Crippen molar-refractivity contribution in [1.82, 2.24) is 4.90 Å². The summed E-state index contributed by atoms with van der Waals surface area (Å²) in [7, 11) is 3.66. The Hall–Kier alpha value is -1.57. The van der Waals surface area contributed by atoms with Gasteiger partial charge in [0, 0.05) is 19.7 Å². The van der Waals surface area contributed by atoms with Gasteiger partial charge in [-0.05, 0) is 37.6 Å². The predicted molar refractivity (Wildman–Crippen MR) is 73.0 cm³/mol. The fraction of sp³-hybridized carbons (Fsp3) is 0.533. The molecule has 1 heterocycles. The summed E-state index contributed by atoms with van der Waals surface area (Å²) in [6.07, 6.45) is 2.68. The summed E-state index contributed by atoms with van der Waals surface area (Å²) in [6.45, 7) is 2.64.